The largest absolute Gasteiger partial charge is 0.336 e. The molecule has 1 aromatic heterocycles. The molecule has 2 aromatic carbocycles. The van der Waals surface area contributed by atoms with Crippen molar-refractivity contribution in [2.75, 3.05) is 0 Å². The first kappa shape index (κ1) is 17.4. The second-order valence-corrected chi connectivity index (χ2v) is 7.87. The Morgan fingerprint density at radius 3 is 2.25 bits per heavy atom. The molecule has 3 aromatic rings. The predicted octanol–water partition coefficient (Wildman–Crippen LogP) is 5.98. The van der Waals surface area contributed by atoms with E-state index < -0.39 is 0 Å². The molecular weight excluding hydrogens is 359 g/mol. The summed E-state index contributed by atoms with van der Waals surface area (Å²) in [6.07, 6.45) is 7.81. The molecule has 0 fully saturated rings. The number of imidazole rings is 1. The second-order valence-electron chi connectivity index (χ2n) is 5.62. The predicted molar refractivity (Wildman–Crippen MR) is 103 cm³/mol. The molecule has 0 saturated carbocycles. The number of hydrogen-bond donors (Lipinski definition) is 0. The molecular formula is C19H18Cl2N2S. The highest BCUT2D eigenvalue weighted by Gasteiger charge is 2.12. The number of halogens is 2. The van der Waals surface area contributed by atoms with Crippen molar-refractivity contribution in [1.29, 1.82) is 0 Å². The summed E-state index contributed by atoms with van der Waals surface area (Å²) in [6, 6.07) is 16.1. The summed E-state index contributed by atoms with van der Waals surface area (Å²) < 4.78 is 2.13. The van der Waals surface area contributed by atoms with Crippen LogP contribution in [0, 0.1) is 0 Å². The Morgan fingerprint density at radius 1 is 0.958 bits per heavy atom. The lowest BCUT2D eigenvalue weighted by Gasteiger charge is -2.17. The highest BCUT2D eigenvalue weighted by Crippen LogP contribution is 2.29. The van der Waals surface area contributed by atoms with E-state index in [9.17, 15) is 0 Å². The number of rotatable bonds is 7. The molecule has 2 nitrogen and oxygen atoms in total. The number of thioether (sulfide) groups is 1. The number of aromatic nitrogens is 2. The van der Waals surface area contributed by atoms with Crippen molar-refractivity contribution < 1.29 is 0 Å². The first-order chi connectivity index (χ1) is 11.7. The number of benzene rings is 2. The van der Waals surface area contributed by atoms with Gasteiger partial charge in [0, 0.05) is 39.1 Å². The van der Waals surface area contributed by atoms with E-state index in [1.54, 1.807) is 0 Å². The van der Waals surface area contributed by atoms with E-state index in [1.165, 1.54) is 10.5 Å². The molecule has 0 amide bonds. The van der Waals surface area contributed by atoms with Crippen molar-refractivity contribution in [3.63, 3.8) is 0 Å². The maximum atomic E-state index is 5.98. The van der Waals surface area contributed by atoms with Crippen LogP contribution in [0.15, 0.2) is 72.1 Å². The molecule has 0 aliphatic carbocycles. The Bertz CT molecular complexity index is 740. The van der Waals surface area contributed by atoms with E-state index >= 15 is 0 Å². The summed E-state index contributed by atoms with van der Waals surface area (Å²) in [4.78, 5) is 5.38. The Kier molecular flexibility index (Phi) is 6.24. The average Bonchev–Trinajstić information content (AvgIpc) is 3.09. The highest BCUT2D eigenvalue weighted by molar-refractivity contribution is 8.00. The van der Waals surface area contributed by atoms with Gasteiger partial charge in [0.15, 0.2) is 0 Å². The topological polar surface area (TPSA) is 17.8 Å². The molecule has 0 N–H and O–H groups in total. The van der Waals surface area contributed by atoms with Crippen LogP contribution < -0.4 is 0 Å². The molecule has 0 aliphatic rings. The van der Waals surface area contributed by atoms with Crippen LogP contribution >= 0.6 is 35.0 Å². The minimum atomic E-state index is 0.455. The van der Waals surface area contributed by atoms with Gasteiger partial charge in [-0.15, -0.1) is 11.8 Å². The molecule has 0 radical (unpaired) electrons. The van der Waals surface area contributed by atoms with Gasteiger partial charge in [-0.2, -0.15) is 0 Å². The maximum Gasteiger partial charge on any atom is 0.0946 e. The van der Waals surface area contributed by atoms with E-state index in [-0.39, 0.29) is 0 Å². The van der Waals surface area contributed by atoms with Crippen molar-refractivity contribution in [3.8, 4) is 0 Å². The third-order valence-electron chi connectivity index (χ3n) is 3.76. The Balaban J connectivity index is 1.66. The normalized spacial score (nSPS) is 12.2. The van der Waals surface area contributed by atoms with Gasteiger partial charge in [-0.3, -0.25) is 0 Å². The van der Waals surface area contributed by atoms with Crippen LogP contribution in [-0.2, 0) is 13.0 Å². The van der Waals surface area contributed by atoms with Crippen molar-refractivity contribution in [3.05, 3.63) is 82.9 Å². The SMILES string of the molecule is Clc1ccc(CCC(Cn2ccnc2)Sc2ccc(Cl)cc2)cc1. The van der Waals surface area contributed by atoms with Crippen LogP contribution in [0.2, 0.25) is 10.0 Å². The summed E-state index contributed by atoms with van der Waals surface area (Å²) in [5, 5.41) is 2.01. The minimum Gasteiger partial charge on any atom is -0.336 e. The fourth-order valence-electron chi connectivity index (χ4n) is 2.50. The smallest absolute Gasteiger partial charge is 0.0946 e. The molecule has 124 valence electrons. The second kappa shape index (κ2) is 8.61. The molecule has 0 aliphatic heterocycles. The van der Waals surface area contributed by atoms with Crippen LogP contribution in [0.5, 0.6) is 0 Å². The molecule has 1 heterocycles. The van der Waals surface area contributed by atoms with E-state index in [2.05, 4.69) is 33.8 Å². The van der Waals surface area contributed by atoms with Gasteiger partial charge < -0.3 is 4.57 Å². The quantitative estimate of drug-likeness (QED) is 0.471. The van der Waals surface area contributed by atoms with E-state index in [4.69, 9.17) is 23.2 Å². The van der Waals surface area contributed by atoms with E-state index in [0.717, 1.165) is 29.4 Å². The monoisotopic (exact) mass is 376 g/mol. The lowest BCUT2D eigenvalue weighted by atomic mass is 10.1. The van der Waals surface area contributed by atoms with Gasteiger partial charge >= 0.3 is 0 Å². The van der Waals surface area contributed by atoms with Crippen LogP contribution in [-0.4, -0.2) is 14.8 Å². The van der Waals surface area contributed by atoms with Gasteiger partial charge in [0.05, 0.1) is 6.33 Å². The Morgan fingerprint density at radius 2 is 1.62 bits per heavy atom. The third-order valence-corrected chi connectivity index (χ3v) is 5.52. The van der Waals surface area contributed by atoms with Gasteiger partial charge in [-0.1, -0.05) is 35.3 Å². The van der Waals surface area contributed by atoms with Crippen molar-refractivity contribution in [2.24, 2.45) is 0 Å². The van der Waals surface area contributed by atoms with Gasteiger partial charge in [-0.05, 0) is 54.8 Å². The summed E-state index contributed by atoms with van der Waals surface area (Å²) in [5.41, 5.74) is 1.31. The summed E-state index contributed by atoms with van der Waals surface area (Å²) in [6.45, 7) is 0.931. The number of nitrogens with zero attached hydrogens (tertiary/aromatic N) is 2. The number of aryl methyl sites for hydroxylation is 1. The van der Waals surface area contributed by atoms with Gasteiger partial charge in [0.2, 0.25) is 0 Å². The van der Waals surface area contributed by atoms with Crippen LogP contribution in [0.3, 0.4) is 0 Å². The summed E-state index contributed by atoms with van der Waals surface area (Å²) in [5.74, 6) is 0. The lowest BCUT2D eigenvalue weighted by Crippen LogP contribution is -2.13. The van der Waals surface area contributed by atoms with Crippen LogP contribution in [0.1, 0.15) is 12.0 Å². The zero-order valence-corrected chi connectivity index (χ0v) is 15.4. The molecule has 3 rings (SSSR count). The lowest BCUT2D eigenvalue weighted by molar-refractivity contribution is 0.624. The van der Waals surface area contributed by atoms with E-state index in [1.807, 2.05) is 54.7 Å². The van der Waals surface area contributed by atoms with E-state index in [0.29, 0.717) is 5.25 Å². The summed E-state index contributed by atoms with van der Waals surface area (Å²) in [7, 11) is 0. The fraction of sp³-hybridized carbons (Fsp3) is 0.211. The first-order valence-electron chi connectivity index (χ1n) is 7.81. The first-order valence-corrected chi connectivity index (χ1v) is 9.45. The van der Waals surface area contributed by atoms with Gasteiger partial charge in [-0.25, -0.2) is 4.98 Å². The Labute approximate surface area is 156 Å². The number of hydrogen-bond acceptors (Lipinski definition) is 2. The molecule has 0 spiro atoms. The summed E-state index contributed by atoms with van der Waals surface area (Å²) >= 11 is 13.8. The zero-order chi connectivity index (χ0) is 16.8. The van der Waals surface area contributed by atoms with Crippen LogP contribution in [0.4, 0.5) is 0 Å². The molecule has 0 saturated heterocycles. The van der Waals surface area contributed by atoms with Crippen molar-refractivity contribution in [2.45, 2.75) is 29.5 Å². The molecule has 1 atom stereocenters. The highest BCUT2D eigenvalue weighted by atomic mass is 35.5. The standard InChI is InChI=1S/C19H18Cl2N2S/c20-16-4-1-15(2-5-16)3-8-19(13-23-12-11-22-14-23)24-18-9-6-17(21)7-10-18/h1-2,4-7,9-12,14,19H,3,8,13H2. The fourth-order valence-corrected chi connectivity index (χ4v) is 3.91. The van der Waals surface area contributed by atoms with Gasteiger partial charge in [0.1, 0.15) is 0 Å². The average molecular weight is 377 g/mol. The zero-order valence-electron chi connectivity index (χ0n) is 13.1. The minimum absolute atomic E-state index is 0.455. The van der Waals surface area contributed by atoms with Crippen molar-refractivity contribution >= 4 is 35.0 Å². The van der Waals surface area contributed by atoms with Gasteiger partial charge in [0.25, 0.3) is 0 Å². The molecule has 1 unspecified atom stereocenters. The molecule has 5 heteroatoms. The van der Waals surface area contributed by atoms with Crippen molar-refractivity contribution in [1.82, 2.24) is 9.55 Å². The third kappa shape index (κ3) is 5.30. The maximum absolute atomic E-state index is 5.98. The molecule has 24 heavy (non-hydrogen) atoms. The Hall–Kier alpha value is -1.42. The van der Waals surface area contributed by atoms with Crippen LogP contribution in [0.25, 0.3) is 0 Å². The molecule has 0 bridgehead atoms.